The van der Waals surface area contributed by atoms with Crippen molar-refractivity contribution in [2.75, 3.05) is 32.8 Å². The molecule has 6 nitrogen and oxygen atoms in total. The van der Waals surface area contributed by atoms with E-state index in [-0.39, 0.29) is 36.2 Å². The van der Waals surface area contributed by atoms with Crippen molar-refractivity contribution in [3.8, 4) is 5.75 Å². The highest BCUT2D eigenvalue weighted by Gasteiger charge is 2.30. The molecule has 0 saturated carbocycles. The zero-order chi connectivity index (χ0) is 19.4. The maximum Gasteiger partial charge on any atom is 0.252 e. The second kappa shape index (κ2) is 8.68. The summed E-state index contributed by atoms with van der Waals surface area (Å²) >= 11 is 4.44. The number of benzene rings is 1. The van der Waals surface area contributed by atoms with Gasteiger partial charge in [0, 0.05) is 32.2 Å². The SMILES string of the molecule is O=C(CCOc1cccc(F)c1)N1CCN(S(=O)(=O)c2ccc(Br)s2)CC1. The lowest BCUT2D eigenvalue weighted by atomic mass is 10.3. The van der Waals surface area contributed by atoms with Gasteiger partial charge in [0.25, 0.3) is 10.0 Å². The van der Waals surface area contributed by atoms with E-state index in [1.807, 2.05) is 0 Å². The fraction of sp³-hybridized carbons (Fsp3) is 0.353. The lowest BCUT2D eigenvalue weighted by Gasteiger charge is -2.33. The van der Waals surface area contributed by atoms with Gasteiger partial charge in [-0.15, -0.1) is 11.3 Å². The highest BCUT2D eigenvalue weighted by atomic mass is 79.9. The minimum absolute atomic E-state index is 0.109. The van der Waals surface area contributed by atoms with Gasteiger partial charge in [-0.2, -0.15) is 4.31 Å². The Labute approximate surface area is 169 Å². The van der Waals surface area contributed by atoms with Gasteiger partial charge in [-0.25, -0.2) is 12.8 Å². The highest BCUT2D eigenvalue weighted by molar-refractivity contribution is 9.11. The van der Waals surface area contributed by atoms with Crippen LogP contribution in [0.4, 0.5) is 4.39 Å². The number of carbonyl (C=O) groups excluding carboxylic acids is 1. The van der Waals surface area contributed by atoms with Gasteiger partial charge in [0.05, 0.1) is 16.8 Å². The molecule has 146 valence electrons. The molecule has 1 aromatic heterocycles. The number of carbonyl (C=O) groups is 1. The lowest BCUT2D eigenvalue weighted by Crippen LogP contribution is -2.50. The van der Waals surface area contributed by atoms with Gasteiger partial charge in [0.1, 0.15) is 15.8 Å². The number of piperazine rings is 1. The zero-order valence-electron chi connectivity index (χ0n) is 14.3. The van der Waals surface area contributed by atoms with Crippen LogP contribution < -0.4 is 4.74 Å². The second-order valence-corrected chi connectivity index (χ2v) is 10.5. The van der Waals surface area contributed by atoms with Crippen molar-refractivity contribution in [2.24, 2.45) is 0 Å². The van der Waals surface area contributed by atoms with E-state index in [1.165, 1.54) is 33.8 Å². The minimum atomic E-state index is -3.52. The molecule has 1 aliphatic rings. The monoisotopic (exact) mass is 476 g/mol. The van der Waals surface area contributed by atoms with Crippen LogP contribution in [0.3, 0.4) is 0 Å². The number of amides is 1. The van der Waals surface area contributed by atoms with E-state index in [0.29, 0.717) is 18.8 Å². The van der Waals surface area contributed by atoms with E-state index in [2.05, 4.69) is 15.9 Å². The van der Waals surface area contributed by atoms with E-state index >= 15 is 0 Å². The Bertz CT molecular complexity index is 911. The minimum Gasteiger partial charge on any atom is -0.493 e. The van der Waals surface area contributed by atoms with Gasteiger partial charge in [-0.05, 0) is 40.2 Å². The molecule has 2 heterocycles. The summed E-state index contributed by atoms with van der Waals surface area (Å²) in [7, 11) is -3.52. The van der Waals surface area contributed by atoms with Gasteiger partial charge < -0.3 is 9.64 Å². The Morgan fingerprint density at radius 1 is 1.19 bits per heavy atom. The van der Waals surface area contributed by atoms with Gasteiger partial charge in [-0.3, -0.25) is 4.79 Å². The maximum absolute atomic E-state index is 13.1. The second-order valence-electron chi connectivity index (χ2n) is 5.90. The summed E-state index contributed by atoms with van der Waals surface area (Å²) < 4.78 is 46.1. The molecule has 1 fully saturated rings. The molecule has 27 heavy (non-hydrogen) atoms. The van der Waals surface area contributed by atoms with Crippen LogP contribution in [0.1, 0.15) is 6.42 Å². The third kappa shape index (κ3) is 5.07. The van der Waals surface area contributed by atoms with E-state index in [0.717, 1.165) is 3.79 Å². The summed E-state index contributed by atoms with van der Waals surface area (Å²) in [6.07, 6.45) is 0.154. The number of ether oxygens (including phenoxy) is 1. The first-order valence-electron chi connectivity index (χ1n) is 8.28. The molecule has 1 amide bonds. The predicted molar refractivity (Wildman–Crippen MR) is 104 cm³/mol. The van der Waals surface area contributed by atoms with Crippen molar-refractivity contribution in [3.05, 3.63) is 46.0 Å². The van der Waals surface area contributed by atoms with Crippen LogP contribution in [-0.4, -0.2) is 56.3 Å². The quantitative estimate of drug-likeness (QED) is 0.642. The lowest BCUT2D eigenvalue weighted by molar-refractivity contribution is -0.132. The molecule has 0 aliphatic carbocycles. The summed E-state index contributed by atoms with van der Waals surface area (Å²) in [6.45, 7) is 1.34. The predicted octanol–water partition coefficient (Wildman–Crippen LogP) is 2.95. The van der Waals surface area contributed by atoms with Crippen molar-refractivity contribution in [1.29, 1.82) is 0 Å². The fourth-order valence-corrected chi connectivity index (χ4v) is 6.30. The molecule has 2 aromatic rings. The molecule has 0 bridgehead atoms. The number of thiophene rings is 1. The molecule has 0 N–H and O–H groups in total. The summed E-state index contributed by atoms with van der Waals surface area (Å²) in [4.78, 5) is 13.9. The van der Waals surface area contributed by atoms with Crippen molar-refractivity contribution in [3.63, 3.8) is 0 Å². The molecule has 0 spiro atoms. The Kier molecular flexibility index (Phi) is 6.51. The normalized spacial score (nSPS) is 15.7. The third-order valence-corrected chi connectivity index (χ3v) is 8.10. The summed E-state index contributed by atoms with van der Waals surface area (Å²) in [5, 5.41) is 0. The topological polar surface area (TPSA) is 66.9 Å². The van der Waals surface area contributed by atoms with Crippen molar-refractivity contribution < 1.29 is 22.3 Å². The number of hydrogen-bond acceptors (Lipinski definition) is 5. The van der Waals surface area contributed by atoms with Crippen molar-refractivity contribution in [1.82, 2.24) is 9.21 Å². The van der Waals surface area contributed by atoms with Gasteiger partial charge in [-0.1, -0.05) is 6.07 Å². The van der Waals surface area contributed by atoms with Crippen LogP contribution in [0.2, 0.25) is 0 Å². The first kappa shape index (κ1) is 20.2. The molecule has 10 heteroatoms. The van der Waals surface area contributed by atoms with Crippen LogP contribution in [0.25, 0.3) is 0 Å². The Hall–Kier alpha value is -1.49. The highest BCUT2D eigenvalue weighted by Crippen LogP contribution is 2.29. The van der Waals surface area contributed by atoms with Crippen LogP contribution >= 0.6 is 27.3 Å². The molecule has 3 rings (SSSR count). The largest absolute Gasteiger partial charge is 0.493 e. The number of sulfonamides is 1. The van der Waals surface area contributed by atoms with Crippen LogP contribution in [0.5, 0.6) is 5.75 Å². The van der Waals surface area contributed by atoms with Crippen molar-refractivity contribution >= 4 is 43.2 Å². The molecule has 1 aliphatic heterocycles. The molecular formula is C17H18BrFN2O4S2. The average Bonchev–Trinajstić information content (AvgIpc) is 3.09. The maximum atomic E-state index is 13.1. The molecule has 1 aromatic carbocycles. The number of rotatable bonds is 6. The standard InChI is InChI=1S/C17H18BrFN2O4S2/c18-15-4-5-17(26-15)27(23,24)21-9-7-20(8-10-21)16(22)6-11-25-14-3-1-2-13(19)12-14/h1-5,12H,6-11H2. The van der Waals surface area contributed by atoms with Crippen LogP contribution in [0, 0.1) is 5.82 Å². The molecule has 1 saturated heterocycles. The van der Waals surface area contributed by atoms with E-state index in [1.54, 1.807) is 23.1 Å². The summed E-state index contributed by atoms with van der Waals surface area (Å²) in [6, 6.07) is 9.02. The van der Waals surface area contributed by atoms with E-state index in [4.69, 9.17) is 4.74 Å². The Morgan fingerprint density at radius 2 is 1.93 bits per heavy atom. The first-order chi connectivity index (χ1) is 12.9. The summed E-state index contributed by atoms with van der Waals surface area (Å²) in [5.74, 6) is -0.128. The van der Waals surface area contributed by atoms with Crippen molar-refractivity contribution in [2.45, 2.75) is 10.6 Å². The van der Waals surface area contributed by atoms with E-state index in [9.17, 15) is 17.6 Å². The first-order valence-corrected chi connectivity index (χ1v) is 11.3. The fourth-order valence-electron chi connectivity index (χ4n) is 2.71. The van der Waals surface area contributed by atoms with E-state index < -0.39 is 15.8 Å². The number of hydrogen-bond donors (Lipinski definition) is 0. The third-order valence-electron chi connectivity index (χ3n) is 4.11. The number of halogens is 2. The summed E-state index contributed by atoms with van der Waals surface area (Å²) in [5.41, 5.74) is 0. The molecule has 0 unspecified atom stereocenters. The molecule has 0 radical (unpaired) electrons. The van der Waals surface area contributed by atoms with Crippen LogP contribution in [0.15, 0.2) is 44.4 Å². The van der Waals surface area contributed by atoms with Gasteiger partial charge in [0.15, 0.2) is 0 Å². The van der Waals surface area contributed by atoms with Crippen LogP contribution in [-0.2, 0) is 14.8 Å². The zero-order valence-corrected chi connectivity index (χ0v) is 17.5. The average molecular weight is 477 g/mol. The Balaban J connectivity index is 1.48. The molecule has 0 atom stereocenters. The number of nitrogens with zero attached hydrogens (tertiary/aromatic N) is 2. The molecular weight excluding hydrogens is 459 g/mol. The Morgan fingerprint density at radius 3 is 2.56 bits per heavy atom. The van der Waals surface area contributed by atoms with Gasteiger partial charge in [0.2, 0.25) is 5.91 Å². The van der Waals surface area contributed by atoms with Gasteiger partial charge >= 0.3 is 0 Å². The smallest absolute Gasteiger partial charge is 0.252 e.